The third-order valence-corrected chi connectivity index (χ3v) is 4.48. The summed E-state index contributed by atoms with van der Waals surface area (Å²) >= 11 is 5.82. The highest BCUT2D eigenvalue weighted by atomic mass is 35.5. The van der Waals surface area contributed by atoms with Crippen LogP contribution in [0.25, 0.3) is 5.69 Å². The maximum absolute atomic E-state index is 12.4. The zero-order valence-corrected chi connectivity index (χ0v) is 16.5. The standard InChI is InChI=1S/C22H20ClN3O3/c1-15(14-20(27)25-18-9-7-17(23)8-10-18)24-22(29)16-5-11-19(12-6-16)26-13-3-2-4-21(26)28/h2-13,15H,14H2,1H3,(H,24,29)(H,25,27). The SMILES string of the molecule is CC(CC(=O)Nc1ccc(Cl)cc1)NC(=O)c1ccc(-n2ccccc2=O)cc1. The smallest absolute Gasteiger partial charge is 0.255 e. The summed E-state index contributed by atoms with van der Waals surface area (Å²) in [5, 5.41) is 6.16. The minimum atomic E-state index is -0.355. The van der Waals surface area contributed by atoms with Gasteiger partial charge in [-0.15, -0.1) is 0 Å². The first kappa shape index (κ1) is 20.4. The predicted octanol–water partition coefficient (Wildman–Crippen LogP) is 3.64. The molecule has 2 amide bonds. The van der Waals surface area contributed by atoms with Gasteiger partial charge < -0.3 is 10.6 Å². The minimum absolute atomic E-state index is 0.131. The maximum atomic E-state index is 12.4. The van der Waals surface area contributed by atoms with E-state index in [2.05, 4.69) is 10.6 Å². The van der Waals surface area contributed by atoms with Crippen molar-refractivity contribution in [2.75, 3.05) is 5.32 Å². The fraction of sp³-hybridized carbons (Fsp3) is 0.136. The monoisotopic (exact) mass is 409 g/mol. The molecule has 1 unspecified atom stereocenters. The molecule has 0 bridgehead atoms. The van der Waals surface area contributed by atoms with Crippen molar-refractivity contribution in [1.82, 2.24) is 9.88 Å². The second kappa shape index (κ2) is 9.21. The molecular weight excluding hydrogens is 390 g/mol. The molecule has 0 aliphatic carbocycles. The Labute approximate surface area is 173 Å². The van der Waals surface area contributed by atoms with Crippen molar-refractivity contribution >= 4 is 29.1 Å². The van der Waals surface area contributed by atoms with Crippen molar-refractivity contribution in [3.05, 3.63) is 93.9 Å². The largest absolute Gasteiger partial charge is 0.349 e. The topological polar surface area (TPSA) is 80.2 Å². The molecule has 0 spiro atoms. The maximum Gasteiger partial charge on any atom is 0.255 e. The van der Waals surface area contributed by atoms with Crippen LogP contribution in [0, 0.1) is 0 Å². The lowest BCUT2D eigenvalue weighted by Gasteiger charge is -2.14. The van der Waals surface area contributed by atoms with E-state index in [9.17, 15) is 14.4 Å². The molecule has 2 aromatic carbocycles. The van der Waals surface area contributed by atoms with E-state index >= 15 is 0 Å². The minimum Gasteiger partial charge on any atom is -0.349 e. The van der Waals surface area contributed by atoms with Crippen molar-refractivity contribution in [1.29, 1.82) is 0 Å². The number of benzene rings is 2. The van der Waals surface area contributed by atoms with E-state index in [1.807, 2.05) is 0 Å². The Morgan fingerprint density at radius 1 is 1.00 bits per heavy atom. The van der Waals surface area contributed by atoms with Crippen molar-refractivity contribution in [2.24, 2.45) is 0 Å². The van der Waals surface area contributed by atoms with E-state index in [4.69, 9.17) is 11.6 Å². The zero-order chi connectivity index (χ0) is 20.8. The van der Waals surface area contributed by atoms with Crippen LogP contribution in [-0.2, 0) is 4.79 Å². The summed E-state index contributed by atoms with van der Waals surface area (Å²) in [7, 11) is 0. The highest BCUT2D eigenvalue weighted by Gasteiger charge is 2.14. The molecule has 0 fully saturated rings. The van der Waals surface area contributed by atoms with Gasteiger partial charge in [-0.1, -0.05) is 17.7 Å². The van der Waals surface area contributed by atoms with E-state index in [0.717, 1.165) is 0 Å². The number of pyridine rings is 1. The summed E-state index contributed by atoms with van der Waals surface area (Å²) in [5.74, 6) is -0.498. The zero-order valence-electron chi connectivity index (χ0n) is 15.8. The lowest BCUT2D eigenvalue weighted by atomic mass is 10.1. The van der Waals surface area contributed by atoms with Crippen molar-refractivity contribution in [3.63, 3.8) is 0 Å². The van der Waals surface area contributed by atoms with Crippen LogP contribution in [0.2, 0.25) is 5.02 Å². The van der Waals surface area contributed by atoms with Crippen molar-refractivity contribution in [2.45, 2.75) is 19.4 Å². The highest BCUT2D eigenvalue weighted by Crippen LogP contribution is 2.14. The molecule has 0 aliphatic heterocycles. The molecule has 3 aromatic rings. The van der Waals surface area contributed by atoms with Crippen LogP contribution >= 0.6 is 11.6 Å². The number of amides is 2. The fourth-order valence-corrected chi connectivity index (χ4v) is 2.92. The van der Waals surface area contributed by atoms with Gasteiger partial charge in [-0.3, -0.25) is 19.0 Å². The lowest BCUT2D eigenvalue weighted by Crippen LogP contribution is -2.35. The van der Waals surface area contributed by atoms with Crippen molar-refractivity contribution < 1.29 is 9.59 Å². The van der Waals surface area contributed by atoms with Gasteiger partial charge in [0.2, 0.25) is 5.91 Å². The molecule has 2 N–H and O–H groups in total. The molecule has 148 valence electrons. The number of anilines is 1. The highest BCUT2D eigenvalue weighted by molar-refractivity contribution is 6.30. The summed E-state index contributed by atoms with van der Waals surface area (Å²) in [6.45, 7) is 1.76. The lowest BCUT2D eigenvalue weighted by molar-refractivity contribution is -0.116. The first-order valence-corrected chi connectivity index (χ1v) is 9.44. The average Bonchev–Trinajstić information content (AvgIpc) is 2.70. The summed E-state index contributed by atoms with van der Waals surface area (Å²) in [6, 6.07) is 18.0. The number of aromatic nitrogens is 1. The molecule has 0 saturated carbocycles. The van der Waals surface area contributed by atoms with Crippen LogP contribution < -0.4 is 16.2 Å². The second-order valence-electron chi connectivity index (χ2n) is 6.59. The van der Waals surface area contributed by atoms with Crippen LogP contribution in [0.1, 0.15) is 23.7 Å². The quantitative estimate of drug-likeness (QED) is 0.652. The Hall–Kier alpha value is -3.38. The van der Waals surface area contributed by atoms with Gasteiger partial charge in [0.25, 0.3) is 11.5 Å². The van der Waals surface area contributed by atoms with Crippen LogP contribution in [0.4, 0.5) is 5.69 Å². The number of rotatable bonds is 6. The van der Waals surface area contributed by atoms with Gasteiger partial charge in [-0.05, 0) is 61.5 Å². The first-order chi connectivity index (χ1) is 13.9. The molecule has 6 nitrogen and oxygen atoms in total. The Morgan fingerprint density at radius 3 is 2.34 bits per heavy atom. The molecule has 0 aliphatic rings. The Bertz CT molecular complexity index is 1060. The Kier molecular flexibility index (Phi) is 6.46. The Morgan fingerprint density at radius 2 is 1.69 bits per heavy atom. The van der Waals surface area contributed by atoms with Gasteiger partial charge in [0.05, 0.1) is 0 Å². The van der Waals surface area contributed by atoms with E-state index < -0.39 is 0 Å². The van der Waals surface area contributed by atoms with E-state index in [1.54, 1.807) is 73.8 Å². The number of carbonyl (C=O) groups is 2. The van der Waals surface area contributed by atoms with Crippen LogP contribution in [0.5, 0.6) is 0 Å². The molecule has 29 heavy (non-hydrogen) atoms. The Balaban J connectivity index is 1.56. The number of nitrogens with zero attached hydrogens (tertiary/aromatic N) is 1. The molecule has 7 heteroatoms. The van der Waals surface area contributed by atoms with Gasteiger partial charge in [-0.25, -0.2) is 0 Å². The molecule has 3 rings (SSSR count). The average molecular weight is 410 g/mol. The number of nitrogens with one attached hydrogen (secondary N) is 2. The predicted molar refractivity (Wildman–Crippen MR) is 114 cm³/mol. The first-order valence-electron chi connectivity index (χ1n) is 9.07. The molecular formula is C22H20ClN3O3. The molecule has 0 radical (unpaired) electrons. The van der Waals surface area contributed by atoms with Crippen LogP contribution in [0.15, 0.2) is 77.7 Å². The number of hydrogen-bond donors (Lipinski definition) is 2. The number of hydrogen-bond acceptors (Lipinski definition) is 3. The van der Waals surface area contributed by atoms with E-state index in [0.29, 0.717) is 22.0 Å². The molecule has 1 aromatic heterocycles. The fourth-order valence-electron chi connectivity index (χ4n) is 2.80. The van der Waals surface area contributed by atoms with E-state index in [1.165, 1.54) is 10.6 Å². The van der Waals surface area contributed by atoms with Gasteiger partial charge in [0, 0.05) is 46.7 Å². The number of carbonyl (C=O) groups excluding carboxylic acids is 2. The summed E-state index contributed by atoms with van der Waals surface area (Å²) < 4.78 is 1.49. The van der Waals surface area contributed by atoms with Crippen molar-refractivity contribution in [3.8, 4) is 5.69 Å². The van der Waals surface area contributed by atoms with Gasteiger partial charge in [-0.2, -0.15) is 0 Å². The second-order valence-corrected chi connectivity index (χ2v) is 7.03. The van der Waals surface area contributed by atoms with Gasteiger partial charge in [0.1, 0.15) is 0 Å². The molecule has 1 atom stereocenters. The van der Waals surface area contributed by atoms with Gasteiger partial charge in [0.15, 0.2) is 0 Å². The molecule has 0 saturated heterocycles. The third-order valence-electron chi connectivity index (χ3n) is 4.23. The van der Waals surface area contributed by atoms with Gasteiger partial charge >= 0.3 is 0 Å². The number of halogens is 1. The van der Waals surface area contributed by atoms with E-state index in [-0.39, 0.29) is 29.8 Å². The molecule has 1 heterocycles. The normalized spacial score (nSPS) is 11.5. The summed E-state index contributed by atoms with van der Waals surface area (Å²) in [5.41, 5.74) is 1.61. The van der Waals surface area contributed by atoms with Crippen LogP contribution in [0.3, 0.4) is 0 Å². The summed E-state index contributed by atoms with van der Waals surface area (Å²) in [6.07, 6.45) is 1.80. The summed E-state index contributed by atoms with van der Waals surface area (Å²) in [4.78, 5) is 36.4. The third kappa shape index (κ3) is 5.56. The van der Waals surface area contributed by atoms with Crippen LogP contribution in [-0.4, -0.2) is 22.4 Å².